The van der Waals surface area contributed by atoms with Crippen LogP contribution in [0.25, 0.3) is 0 Å². The smallest absolute Gasteiger partial charge is 0.227 e. The van der Waals surface area contributed by atoms with Crippen molar-refractivity contribution in [3.63, 3.8) is 0 Å². The lowest BCUT2D eigenvalue weighted by Gasteiger charge is -2.20. The number of carbonyl (C=O) groups excluding carboxylic acids is 2. The molecule has 5 nitrogen and oxygen atoms in total. The molecule has 0 radical (unpaired) electrons. The molecule has 1 saturated heterocycles. The first-order valence-electron chi connectivity index (χ1n) is 8.11. The summed E-state index contributed by atoms with van der Waals surface area (Å²) in [5, 5.41) is 2.88. The molecule has 1 N–H and O–H groups in total. The Kier molecular flexibility index (Phi) is 5.11. The number of amides is 2. The molecule has 0 aromatic heterocycles. The van der Waals surface area contributed by atoms with E-state index in [4.69, 9.17) is 4.74 Å². The third-order valence-corrected chi connectivity index (χ3v) is 3.88. The molecule has 1 aliphatic rings. The second-order valence-electron chi connectivity index (χ2n) is 5.63. The number of hydrogen-bond donors (Lipinski definition) is 1. The fourth-order valence-corrected chi connectivity index (χ4v) is 2.71. The molecule has 0 saturated carbocycles. The first kappa shape index (κ1) is 16.1. The molecule has 0 unspecified atom stereocenters. The summed E-state index contributed by atoms with van der Waals surface area (Å²) in [5.41, 5.74) is 1.43. The molecule has 0 spiro atoms. The Morgan fingerprint density at radius 2 is 1.83 bits per heavy atom. The van der Waals surface area contributed by atoms with Crippen molar-refractivity contribution in [2.24, 2.45) is 0 Å². The quantitative estimate of drug-likeness (QED) is 0.887. The highest BCUT2D eigenvalue weighted by molar-refractivity contribution is 6.02. The van der Waals surface area contributed by atoms with Gasteiger partial charge >= 0.3 is 0 Å². The number of ether oxygens (including phenoxy) is 1. The van der Waals surface area contributed by atoms with Gasteiger partial charge in [-0.15, -0.1) is 0 Å². The lowest BCUT2D eigenvalue weighted by molar-refractivity contribution is -0.117. The lowest BCUT2D eigenvalue weighted by Crippen LogP contribution is -2.25. The molecule has 24 heavy (non-hydrogen) atoms. The third-order valence-electron chi connectivity index (χ3n) is 3.88. The molecule has 2 aromatic carbocycles. The molecule has 1 fully saturated rings. The molecule has 0 aliphatic carbocycles. The molecule has 1 aliphatic heterocycles. The van der Waals surface area contributed by atoms with Gasteiger partial charge in [-0.05, 0) is 30.7 Å². The molecule has 1 heterocycles. The van der Waals surface area contributed by atoms with E-state index in [1.54, 1.807) is 4.90 Å². The van der Waals surface area contributed by atoms with Gasteiger partial charge in [-0.3, -0.25) is 9.59 Å². The van der Waals surface area contributed by atoms with Gasteiger partial charge in [0, 0.05) is 13.0 Å². The maximum Gasteiger partial charge on any atom is 0.227 e. The van der Waals surface area contributed by atoms with Crippen molar-refractivity contribution in [1.82, 2.24) is 0 Å². The van der Waals surface area contributed by atoms with E-state index in [0.717, 1.165) is 17.9 Å². The first-order chi connectivity index (χ1) is 11.7. The highest BCUT2D eigenvalue weighted by atomic mass is 16.5. The summed E-state index contributed by atoms with van der Waals surface area (Å²) in [6.07, 6.45) is 1.66. The van der Waals surface area contributed by atoms with Gasteiger partial charge < -0.3 is 15.0 Å². The number of benzene rings is 2. The van der Waals surface area contributed by atoms with Crippen LogP contribution in [-0.4, -0.2) is 25.0 Å². The second-order valence-corrected chi connectivity index (χ2v) is 5.63. The summed E-state index contributed by atoms with van der Waals surface area (Å²) >= 11 is 0. The third kappa shape index (κ3) is 3.93. The van der Waals surface area contributed by atoms with E-state index in [-0.39, 0.29) is 18.2 Å². The Bertz CT molecular complexity index is 716. The number of para-hydroxylation sites is 3. The molecule has 5 heteroatoms. The lowest BCUT2D eigenvalue weighted by atomic mass is 10.2. The minimum absolute atomic E-state index is 0.101. The fourth-order valence-electron chi connectivity index (χ4n) is 2.71. The molecule has 2 aromatic rings. The minimum Gasteiger partial charge on any atom is -0.493 e. The minimum atomic E-state index is -0.134. The van der Waals surface area contributed by atoms with Gasteiger partial charge in [0.05, 0.1) is 24.4 Å². The monoisotopic (exact) mass is 324 g/mol. The van der Waals surface area contributed by atoms with Crippen molar-refractivity contribution in [1.29, 1.82) is 0 Å². The van der Waals surface area contributed by atoms with E-state index >= 15 is 0 Å². The zero-order chi connectivity index (χ0) is 16.8. The summed E-state index contributed by atoms with van der Waals surface area (Å²) in [5.74, 6) is 0.711. The Labute approximate surface area is 141 Å². The van der Waals surface area contributed by atoms with Crippen molar-refractivity contribution < 1.29 is 14.3 Å². The zero-order valence-electron chi connectivity index (χ0n) is 13.4. The first-order valence-corrected chi connectivity index (χ1v) is 8.11. The van der Waals surface area contributed by atoms with Crippen LogP contribution < -0.4 is 15.0 Å². The highest BCUT2D eigenvalue weighted by Gasteiger charge is 2.24. The van der Waals surface area contributed by atoms with Gasteiger partial charge in [0.1, 0.15) is 5.75 Å². The summed E-state index contributed by atoms with van der Waals surface area (Å²) in [4.78, 5) is 25.8. The molecular formula is C19H20N2O3. The second kappa shape index (κ2) is 7.64. The zero-order valence-corrected chi connectivity index (χ0v) is 13.4. The van der Waals surface area contributed by atoms with Crippen LogP contribution in [0.1, 0.15) is 19.3 Å². The summed E-state index contributed by atoms with van der Waals surface area (Å²) in [7, 11) is 0. The van der Waals surface area contributed by atoms with Crippen LogP contribution in [0.15, 0.2) is 54.6 Å². The number of anilines is 2. The number of nitrogens with zero attached hydrogens (tertiary/aromatic N) is 1. The van der Waals surface area contributed by atoms with Crippen LogP contribution in [-0.2, 0) is 9.59 Å². The van der Waals surface area contributed by atoms with Crippen LogP contribution in [0.5, 0.6) is 5.75 Å². The van der Waals surface area contributed by atoms with Crippen molar-refractivity contribution >= 4 is 23.2 Å². The van der Waals surface area contributed by atoms with E-state index in [9.17, 15) is 9.59 Å². The Hall–Kier alpha value is -2.82. The molecule has 0 bridgehead atoms. The number of nitrogens with one attached hydrogen (secondary N) is 1. The van der Waals surface area contributed by atoms with Gasteiger partial charge in [0.15, 0.2) is 0 Å². The Morgan fingerprint density at radius 1 is 1.08 bits per heavy atom. The number of carbonyl (C=O) groups is 2. The van der Waals surface area contributed by atoms with E-state index in [2.05, 4.69) is 5.32 Å². The van der Waals surface area contributed by atoms with Crippen molar-refractivity contribution in [2.45, 2.75) is 19.3 Å². The van der Waals surface area contributed by atoms with E-state index in [0.29, 0.717) is 25.3 Å². The average molecular weight is 324 g/mol. The average Bonchev–Trinajstić information content (AvgIpc) is 3.02. The SMILES string of the molecule is O=C(CCOc1ccccc1)Nc1ccccc1N1CCCC1=O. The van der Waals surface area contributed by atoms with Crippen LogP contribution in [0.3, 0.4) is 0 Å². The van der Waals surface area contributed by atoms with Crippen LogP contribution >= 0.6 is 0 Å². The van der Waals surface area contributed by atoms with E-state index in [1.807, 2.05) is 54.6 Å². The van der Waals surface area contributed by atoms with Gasteiger partial charge in [-0.2, -0.15) is 0 Å². The largest absolute Gasteiger partial charge is 0.493 e. The van der Waals surface area contributed by atoms with Crippen LogP contribution in [0.2, 0.25) is 0 Å². The molecule has 124 valence electrons. The normalized spacial score (nSPS) is 13.8. The Balaban J connectivity index is 1.57. The highest BCUT2D eigenvalue weighted by Crippen LogP contribution is 2.29. The molecule has 0 atom stereocenters. The van der Waals surface area contributed by atoms with Crippen molar-refractivity contribution in [2.75, 3.05) is 23.4 Å². The molecular weight excluding hydrogens is 304 g/mol. The molecule has 2 amide bonds. The summed E-state index contributed by atoms with van der Waals surface area (Å²) in [6.45, 7) is 1.00. The summed E-state index contributed by atoms with van der Waals surface area (Å²) in [6, 6.07) is 16.8. The standard InChI is InChI=1S/C19H20N2O3/c22-18(12-14-24-15-7-2-1-3-8-15)20-16-9-4-5-10-17(16)21-13-6-11-19(21)23/h1-5,7-10H,6,11-14H2,(H,20,22). The topological polar surface area (TPSA) is 58.6 Å². The van der Waals surface area contributed by atoms with Gasteiger partial charge in [-0.25, -0.2) is 0 Å². The summed E-state index contributed by atoms with van der Waals surface area (Å²) < 4.78 is 5.54. The van der Waals surface area contributed by atoms with Crippen LogP contribution in [0.4, 0.5) is 11.4 Å². The predicted molar refractivity (Wildman–Crippen MR) is 93.2 cm³/mol. The molecule has 3 rings (SSSR count). The van der Waals surface area contributed by atoms with Crippen molar-refractivity contribution in [3.8, 4) is 5.75 Å². The van der Waals surface area contributed by atoms with Gasteiger partial charge in [0.2, 0.25) is 11.8 Å². The maximum absolute atomic E-state index is 12.2. The number of hydrogen-bond acceptors (Lipinski definition) is 3. The van der Waals surface area contributed by atoms with E-state index < -0.39 is 0 Å². The van der Waals surface area contributed by atoms with Crippen LogP contribution in [0, 0.1) is 0 Å². The fraction of sp³-hybridized carbons (Fsp3) is 0.263. The Morgan fingerprint density at radius 3 is 2.58 bits per heavy atom. The maximum atomic E-state index is 12.2. The van der Waals surface area contributed by atoms with E-state index in [1.165, 1.54) is 0 Å². The van der Waals surface area contributed by atoms with Crippen molar-refractivity contribution in [3.05, 3.63) is 54.6 Å². The van der Waals surface area contributed by atoms with Gasteiger partial charge in [-0.1, -0.05) is 30.3 Å². The number of rotatable bonds is 6. The predicted octanol–water partition coefficient (Wildman–Crippen LogP) is 3.22. The van der Waals surface area contributed by atoms with Gasteiger partial charge in [0.25, 0.3) is 0 Å².